The maximum Gasteiger partial charge on any atom is 0.269 e. The average Bonchev–Trinajstić information content (AvgIpc) is 2.76. The molecule has 0 unspecified atom stereocenters. The van der Waals surface area contributed by atoms with Crippen LogP contribution in [0.2, 0.25) is 0 Å². The number of methoxy groups -OCH3 is 1. The lowest BCUT2D eigenvalue weighted by Crippen LogP contribution is -2.41. The average molecular weight is 398 g/mol. The second-order valence-corrected chi connectivity index (χ2v) is 6.10. The number of ether oxygens (including phenoxy) is 3. The summed E-state index contributed by atoms with van der Waals surface area (Å²) >= 11 is 0. The first-order valence-corrected chi connectivity index (χ1v) is 9.34. The van der Waals surface area contributed by atoms with Crippen LogP contribution in [-0.4, -0.2) is 32.1 Å². The molecule has 0 aliphatic heterocycles. The lowest BCUT2D eigenvalue weighted by Gasteiger charge is -2.12. The Balaban J connectivity index is 1.94. The molecule has 0 bridgehead atoms. The van der Waals surface area contributed by atoms with Gasteiger partial charge in [-0.2, -0.15) is 0 Å². The van der Waals surface area contributed by atoms with Crippen LogP contribution in [0.3, 0.4) is 0 Å². The van der Waals surface area contributed by atoms with E-state index < -0.39 is 11.8 Å². The second kappa shape index (κ2) is 11.4. The van der Waals surface area contributed by atoms with E-state index in [1.807, 2.05) is 0 Å². The lowest BCUT2D eigenvalue weighted by atomic mass is 10.2. The van der Waals surface area contributed by atoms with E-state index >= 15 is 0 Å². The molecule has 0 atom stereocenters. The van der Waals surface area contributed by atoms with Gasteiger partial charge < -0.3 is 14.2 Å². The van der Waals surface area contributed by atoms with Gasteiger partial charge in [-0.15, -0.1) is 0 Å². The van der Waals surface area contributed by atoms with Crippen molar-refractivity contribution in [1.29, 1.82) is 0 Å². The van der Waals surface area contributed by atoms with Gasteiger partial charge in [0.1, 0.15) is 12.4 Å². The molecule has 0 fully saturated rings. The van der Waals surface area contributed by atoms with Crippen LogP contribution < -0.4 is 25.1 Å². The van der Waals surface area contributed by atoms with Crippen molar-refractivity contribution >= 4 is 11.8 Å². The van der Waals surface area contributed by atoms with E-state index in [4.69, 9.17) is 14.2 Å². The highest BCUT2D eigenvalue weighted by Gasteiger charge is 2.13. The van der Waals surface area contributed by atoms with Crippen molar-refractivity contribution in [3.63, 3.8) is 0 Å². The first-order valence-electron chi connectivity index (χ1n) is 9.34. The molecule has 154 valence electrons. The summed E-state index contributed by atoms with van der Waals surface area (Å²) in [7, 11) is 1.51. The Morgan fingerprint density at radius 2 is 1.62 bits per heavy atom. The molecule has 0 aliphatic rings. The summed E-state index contributed by atoms with van der Waals surface area (Å²) in [4.78, 5) is 24.5. The zero-order valence-electron chi connectivity index (χ0n) is 16.7. The van der Waals surface area contributed by atoms with Crippen LogP contribution in [0.15, 0.2) is 55.1 Å². The predicted molar refractivity (Wildman–Crippen MR) is 110 cm³/mol. The van der Waals surface area contributed by atoms with E-state index in [2.05, 4.69) is 24.4 Å². The minimum atomic E-state index is -0.470. The summed E-state index contributed by atoms with van der Waals surface area (Å²) in [6.07, 6.45) is 3.58. The molecule has 7 nitrogen and oxygen atoms in total. The number of amides is 2. The SMILES string of the molecule is C=CCOc1ccc(C(=O)NNC(=O)c2ccc(OCCCC)c(OC)c2)cc1. The Labute approximate surface area is 170 Å². The van der Waals surface area contributed by atoms with Gasteiger partial charge in [-0.25, -0.2) is 0 Å². The third-order valence-electron chi connectivity index (χ3n) is 3.96. The highest BCUT2D eigenvalue weighted by atomic mass is 16.5. The summed E-state index contributed by atoms with van der Waals surface area (Å²) < 4.78 is 16.3. The number of hydrogen-bond acceptors (Lipinski definition) is 5. The molecule has 2 aromatic carbocycles. The van der Waals surface area contributed by atoms with Gasteiger partial charge >= 0.3 is 0 Å². The monoisotopic (exact) mass is 398 g/mol. The molecular formula is C22H26N2O5. The van der Waals surface area contributed by atoms with Gasteiger partial charge in [0, 0.05) is 11.1 Å². The Kier molecular flexibility index (Phi) is 8.56. The minimum absolute atomic E-state index is 0.332. The van der Waals surface area contributed by atoms with E-state index in [0.29, 0.717) is 41.6 Å². The summed E-state index contributed by atoms with van der Waals surface area (Å²) in [5.41, 5.74) is 5.49. The number of nitrogens with one attached hydrogen (secondary N) is 2. The topological polar surface area (TPSA) is 85.9 Å². The highest BCUT2D eigenvalue weighted by molar-refractivity contribution is 5.99. The summed E-state index contributed by atoms with van der Waals surface area (Å²) in [5.74, 6) is 0.733. The molecule has 2 aromatic rings. The zero-order valence-corrected chi connectivity index (χ0v) is 16.7. The predicted octanol–water partition coefficient (Wildman–Crippen LogP) is 3.51. The molecular weight excluding hydrogens is 372 g/mol. The molecule has 0 aliphatic carbocycles. The number of carbonyl (C=O) groups excluding carboxylic acids is 2. The largest absolute Gasteiger partial charge is 0.493 e. The maximum absolute atomic E-state index is 12.3. The molecule has 2 amide bonds. The first kappa shape index (κ1) is 21.8. The van der Waals surface area contributed by atoms with Crippen LogP contribution in [-0.2, 0) is 0 Å². The molecule has 0 saturated carbocycles. The van der Waals surface area contributed by atoms with E-state index in [0.717, 1.165) is 12.8 Å². The Bertz CT molecular complexity index is 834. The molecule has 0 aromatic heterocycles. The van der Waals surface area contributed by atoms with Gasteiger partial charge in [0.2, 0.25) is 0 Å². The molecule has 7 heteroatoms. The van der Waals surface area contributed by atoms with Gasteiger partial charge in [-0.1, -0.05) is 26.0 Å². The lowest BCUT2D eigenvalue weighted by molar-refractivity contribution is 0.0846. The number of carbonyl (C=O) groups is 2. The van der Waals surface area contributed by atoms with Crippen LogP contribution in [0.5, 0.6) is 17.2 Å². The maximum atomic E-state index is 12.3. The fraction of sp³-hybridized carbons (Fsp3) is 0.273. The van der Waals surface area contributed by atoms with Crippen molar-refractivity contribution in [3.05, 3.63) is 66.2 Å². The third kappa shape index (κ3) is 6.57. The van der Waals surface area contributed by atoms with Crippen molar-refractivity contribution in [1.82, 2.24) is 10.9 Å². The van der Waals surface area contributed by atoms with Crippen LogP contribution in [0.1, 0.15) is 40.5 Å². The minimum Gasteiger partial charge on any atom is -0.493 e. The molecule has 0 spiro atoms. The van der Waals surface area contributed by atoms with E-state index in [-0.39, 0.29) is 0 Å². The second-order valence-electron chi connectivity index (χ2n) is 6.10. The number of hydrazine groups is 1. The molecule has 0 saturated heterocycles. The quantitative estimate of drug-likeness (QED) is 0.363. The Hall–Kier alpha value is -3.48. The molecule has 2 N–H and O–H groups in total. The van der Waals surface area contributed by atoms with Crippen molar-refractivity contribution in [3.8, 4) is 17.2 Å². The number of benzene rings is 2. The fourth-order valence-electron chi connectivity index (χ4n) is 2.37. The van der Waals surface area contributed by atoms with E-state index in [1.165, 1.54) is 7.11 Å². The van der Waals surface area contributed by atoms with E-state index in [1.54, 1.807) is 48.5 Å². The third-order valence-corrected chi connectivity index (χ3v) is 3.96. The number of hydrogen-bond donors (Lipinski definition) is 2. The van der Waals surface area contributed by atoms with Crippen molar-refractivity contribution in [2.24, 2.45) is 0 Å². The smallest absolute Gasteiger partial charge is 0.269 e. The summed E-state index contributed by atoms with van der Waals surface area (Å²) in [6, 6.07) is 11.4. The summed E-state index contributed by atoms with van der Waals surface area (Å²) in [5, 5.41) is 0. The van der Waals surface area contributed by atoms with Crippen LogP contribution >= 0.6 is 0 Å². The fourth-order valence-corrected chi connectivity index (χ4v) is 2.37. The van der Waals surface area contributed by atoms with Gasteiger partial charge in [-0.05, 0) is 48.9 Å². The van der Waals surface area contributed by atoms with Gasteiger partial charge in [0.25, 0.3) is 11.8 Å². The van der Waals surface area contributed by atoms with Gasteiger partial charge in [0.15, 0.2) is 11.5 Å². The van der Waals surface area contributed by atoms with Crippen LogP contribution in [0.25, 0.3) is 0 Å². The number of rotatable bonds is 10. The zero-order chi connectivity index (χ0) is 21.1. The van der Waals surface area contributed by atoms with Crippen LogP contribution in [0, 0.1) is 0 Å². The van der Waals surface area contributed by atoms with Crippen molar-refractivity contribution in [2.75, 3.05) is 20.3 Å². The normalized spacial score (nSPS) is 10.0. The van der Waals surface area contributed by atoms with Gasteiger partial charge in [-0.3, -0.25) is 20.4 Å². The molecule has 2 rings (SSSR count). The van der Waals surface area contributed by atoms with Crippen molar-refractivity contribution in [2.45, 2.75) is 19.8 Å². The Morgan fingerprint density at radius 3 is 2.24 bits per heavy atom. The summed E-state index contributed by atoms with van der Waals surface area (Å²) in [6.45, 7) is 6.61. The van der Waals surface area contributed by atoms with Crippen LogP contribution in [0.4, 0.5) is 0 Å². The standard InChI is InChI=1S/C22H26N2O5/c1-4-6-14-29-19-12-9-17(15-20(19)27-3)22(26)24-23-21(25)16-7-10-18(11-8-16)28-13-5-2/h5,7-12,15H,2,4,6,13-14H2,1,3H3,(H,23,25)(H,24,26). The molecule has 0 radical (unpaired) electrons. The molecule has 0 heterocycles. The van der Waals surface area contributed by atoms with Crippen molar-refractivity contribution < 1.29 is 23.8 Å². The van der Waals surface area contributed by atoms with E-state index in [9.17, 15) is 9.59 Å². The Morgan fingerprint density at radius 1 is 0.966 bits per heavy atom. The first-order chi connectivity index (χ1) is 14.1. The highest BCUT2D eigenvalue weighted by Crippen LogP contribution is 2.28. The van der Waals surface area contributed by atoms with Gasteiger partial charge in [0.05, 0.1) is 13.7 Å². The number of unbranched alkanes of at least 4 members (excludes halogenated alkanes) is 1. The molecule has 29 heavy (non-hydrogen) atoms.